The van der Waals surface area contributed by atoms with Gasteiger partial charge >= 0.3 is 6.09 Å². The molecule has 1 aromatic carbocycles. The monoisotopic (exact) mass is 551 g/mol. The van der Waals surface area contributed by atoms with Crippen LogP contribution in [0.5, 0.6) is 5.75 Å². The van der Waals surface area contributed by atoms with Gasteiger partial charge in [-0.2, -0.15) is 12.6 Å². The largest absolute Gasteiger partial charge is 0.507 e. The Balaban J connectivity index is 3.38. The lowest BCUT2D eigenvalue weighted by atomic mass is 9.98. The number of benzene rings is 1. The van der Waals surface area contributed by atoms with Crippen molar-refractivity contribution in [3.05, 3.63) is 29.3 Å². The van der Waals surface area contributed by atoms with Crippen LogP contribution in [-0.2, 0) is 14.3 Å². The van der Waals surface area contributed by atoms with Gasteiger partial charge in [0.25, 0.3) is 0 Å². The minimum Gasteiger partial charge on any atom is -0.507 e. The molecule has 0 aliphatic carbocycles. The fourth-order valence-electron chi connectivity index (χ4n) is 4.10. The zero-order valence-corrected chi connectivity index (χ0v) is 25.0. The molecule has 38 heavy (non-hydrogen) atoms. The second kappa shape index (κ2) is 17.2. The summed E-state index contributed by atoms with van der Waals surface area (Å²) < 4.78 is 5.35. The lowest BCUT2D eigenvalue weighted by Gasteiger charge is -2.34. The molecule has 0 aliphatic heterocycles. The lowest BCUT2D eigenvalue weighted by molar-refractivity contribution is -0.142. The number of carbonyl (C=O) groups excluding carboxylic acids is 3. The van der Waals surface area contributed by atoms with Gasteiger partial charge in [0.2, 0.25) is 11.8 Å². The van der Waals surface area contributed by atoms with Gasteiger partial charge < -0.3 is 25.4 Å². The number of amides is 3. The number of aromatic hydroxyl groups is 1. The van der Waals surface area contributed by atoms with Crippen molar-refractivity contribution in [1.82, 2.24) is 15.5 Å². The van der Waals surface area contributed by atoms with Crippen molar-refractivity contribution in [3.8, 4) is 5.75 Å². The van der Waals surface area contributed by atoms with Gasteiger partial charge in [-0.3, -0.25) is 9.59 Å². The van der Waals surface area contributed by atoms with E-state index in [1.807, 2.05) is 6.92 Å². The fraction of sp³-hybridized carbons (Fsp3) is 0.690. The van der Waals surface area contributed by atoms with Crippen molar-refractivity contribution in [2.45, 2.75) is 111 Å². The highest BCUT2D eigenvalue weighted by atomic mass is 32.1. The number of rotatable bonds is 16. The SMILES string of the molecule is CCCCCCCCN(C(=O)C(CS)NC(=O)OC(C)(C)C)C(C(=O)NCCCC)c1cccc(C)c1O. The number of thiol groups is 1. The van der Waals surface area contributed by atoms with Crippen molar-refractivity contribution in [2.75, 3.05) is 18.8 Å². The molecule has 3 amide bonds. The second-order valence-corrected chi connectivity index (χ2v) is 11.1. The molecule has 0 aliphatic rings. The van der Waals surface area contributed by atoms with Crippen molar-refractivity contribution in [2.24, 2.45) is 0 Å². The Morgan fingerprint density at radius 1 is 1.03 bits per heavy atom. The number of phenols is 1. The molecule has 216 valence electrons. The first-order chi connectivity index (χ1) is 18.0. The summed E-state index contributed by atoms with van der Waals surface area (Å²) in [6.45, 7) is 11.9. The van der Waals surface area contributed by atoms with Crippen molar-refractivity contribution in [1.29, 1.82) is 0 Å². The van der Waals surface area contributed by atoms with Crippen LogP contribution in [0.1, 0.15) is 103 Å². The molecule has 3 N–H and O–H groups in total. The van der Waals surface area contributed by atoms with Crippen LogP contribution >= 0.6 is 12.6 Å². The molecule has 0 fully saturated rings. The molecule has 1 rings (SSSR count). The minimum atomic E-state index is -1.06. The average molecular weight is 552 g/mol. The first-order valence-corrected chi connectivity index (χ1v) is 14.6. The maximum Gasteiger partial charge on any atom is 0.408 e. The number of hydrogen-bond donors (Lipinski definition) is 4. The van der Waals surface area contributed by atoms with Gasteiger partial charge in [-0.05, 0) is 46.1 Å². The number of aryl methyl sites for hydroxylation is 1. The fourth-order valence-corrected chi connectivity index (χ4v) is 4.35. The Labute approximate surface area is 234 Å². The minimum absolute atomic E-state index is 0.0218. The van der Waals surface area contributed by atoms with E-state index in [0.29, 0.717) is 30.6 Å². The highest BCUT2D eigenvalue weighted by Crippen LogP contribution is 2.32. The molecule has 0 saturated carbocycles. The molecule has 0 radical (unpaired) electrons. The third-order valence-electron chi connectivity index (χ3n) is 6.16. The normalized spacial score (nSPS) is 12.9. The van der Waals surface area contributed by atoms with E-state index < -0.39 is 29.7 Å². The summed E-state index contributed by atoms with van der Waals surface area (Å²) in [5.74, 6) is -0.814. The molecular formula is C29H49N3O5S. The first kappa shape index (κ1) is 33.6. The van der Waals surface area contributed by atoms with Crippen LogP contribution in [0.25, 0.3) is 0 Å². The number of unbranched alkanes of at least 4 members (excludes halogenated alkanes) is 6. The molecule has 0 spiro atoms. The number of nitrogens with one attached hydrogen (secondary N) is 2. The molecule has 0 saturated heterocycles. The quantitative estimate of drug-likeness (QED) is 0.156. The molecule has 2 unspecified atom stereocenters. The molecule has 0 bridgehead atoms. The molecule has 2 atom stereocenters. The number of carbonyl (C=O) groups is 3. The number of hydrogen-bond acceptors (Lipinski definition) is 6. The number of para-hydroxylation sites is 1. The molecule has 1 aromatic rings. The maximum atomic E-state index is 13.9. The third-order valence-corrected chi connectivity index (χ3v) is 6.53. The van der Waals surface area contributed by atoms with Crippen molar-refractivity contribution >= 4 is 30.5 Å². The van der Waals surface area contributed by atoms with Gasteiger partial charge in [0, 0.05) is 24.4 Å². The van der Waals surface area contributed by atoms with E-state index in [1.165, 1.54) is 4.90 Å². The number of nitrogens with zero attached hydrogens (tertiary/aromatic N) is 1. The van der Waals surface area contributed by atoms with E-state index in [1.54, 1.807) is 45.9 Å². The van der Waals surface area contributed by atoms with Crippen LogP contribution < -0.4 is 10.6 Å². The maximum absolute atomic E-state index is 13.9. The van der Waals surface area contributed by atoms with E-state index in [2.05, 4.69) is 30.2 Å². The van der Waals surface area contributed by atoms with Crippen molar-refractivity contribution < 1.29 is 24.2 Å². The van der Waals surface area contributed by atoms with Crippen LogP contribution in [0.2, 0.25) is 0 Å². The van der Waals surface area contributed by atoms with Crippen molar-refractivity contribution in [3.63, 3.8) is 0 Å². The van der Waals surface area contributed by atoms with Crippen LogP contribution in [0, 0.1) is 6.92 Å². The van der Waals surface area contributed by atoms with E-state index in [0.717, 1.165) is 44.9 Å². The number of phenolic OH excluding ortho intramolecular Hbond substituents is 1. The Hall–Kier alpha value is -2.42. The smallest absolute Gasteiger partial charge is 0.408 e. The van der Waals surface area contributed by atoms with Crippen LogP contribution in [0.15, 0.2) is 18.2 Å². The van der Waals surface area contributed by atoms with Gasteiger partial charge in [0.15, 0.2) is 0 Å². The van der Waals surface area contributed by atoms with Crippen LogP contribution in [0.4, 0.5) is 4.79 Å². The summed E-state index contributed by atoms with van der Waals surface area (Å²) in [5.41, 5.74) is 0.230. The summed E-state index contributed by atoms with van der Waals surface area (Å²) in [6.07, 6.45) is 7.00. The predicted molar refractivity (Wildman–Crippen MR) is 156 cm³/mol. The summed E-state index contributed by atoms with van der Waals surface area (Å²) in [6, 6.07) is 3.12. The number of alkyl carbamates (subject to hydrolysis) is 1. The molecule has 9 heteroatoms. The van der Waals surface area contributed by atoms with Gasteiger partial charge in [-0.25, -0.2) is 4.79 Å². The molecule has 8 nitrogen and oxygen atoms in total. The summed E-state index contributed by atoms with van der Waals surface area (Å²) >= 11 is 4.33. The summed E-state index contributed by atoms with van der Waals surface area (Å²) in [7, 11) is 0. The zero-order valence-electron chi connectivity index (χ0n) is 24.1. The standard InChI is InChI=1S/C29H49N3O5S/c1-7-9-11-12-13-14-19-32(27(35)23(20-38)31-28(36)37-29(4,5)6)24(26(34)30-18-10-8-2)22-17-15-16-21(3)25(22)33/h15-17,23-24,33,38H,7-14,18-20H2,1-6H3,(H,30,34)(H,31,36). The predicted octanol–water partition coefficient (Wildman–Crippen LogP) is 5.67. The van der Waals surface area contributed by atoms with E-state index >= 15 is 0 Å². The van der Waals surface area contributed by atoms with Crippen LogP contribution in [0.3, 0.4) is 0 Å². The first-order valence-electron chi connectivity index (χ1n) is 13.9. The molecule has 0 aromatic heterocycles. The van der Waals surface area contributed by atoms with Crippen LogP contribution in [-0.4, -0.2) is 58.4 Å². The topological polar surface area (TPSA) is 108 Å². The Morgan fingerprint density at radius 3 is 2.26 bits per heavy atom. The third kappa shape index (κ3) is 11.5. The lowest BCUT2D eigenvalue weighted by Crippen LogP contribution is -2.54. The zero-order chi connectivity index (χ0) is 28.7. The van der Waals surface area contributed by atoms with Gasteiger partial charge in [0.1, 0.15) is 23.4 Å². The Kier molecular flexibility index (Phi) is 15.2. The second-order valence-electron chi connectivity index (χ2n) is 10.7. The van der Waals surface area contributed by atoms with Gasteiger partial charge in [0.05, 0.1) is 0 Å². The van der Waals surface area contributed by atoms with E-state index in [9.17, 15) is 19.5 Å². The highest BCUT2D eigenvalue weighted by molar-refractivity contribution is 7.80. The van der Waals surface area contributed by atoms with E-state index in [-0.39, 0.29) is 17.4 Å². The van der Waals surface area contributed by atoms with Gasteiger partial charge in [-0.15, -0.1) is 0 Å². The van der Waals surface area contributed by atoms with E-state index in [4.69, 9.17) is 4.74 Å². The summed E-state index contributed by atoms with van der Waals surface area (Å²) in [5, 5.41) is 16.5. The number of ether oxygens (including phenoxy) is 1. The Morgan fingerprint density at radius 2 is 1.66 bits per heavy atom. The molecular weight excluding hydrogens is 502 g/mol. The highest BCUT2D eigenvalue weighted by Gasteiger charge is 2.37. The molecule has 0 heterocycles. The average Bonchev–Trinajstić information content (AvgIpc) is 2.84. The van der Waals surface area contributed by atoms with Gasteiger partial charge in [-0.1, -0.05) is 70.6 Å². The summed E-state index contributed by atoms with van der Waals surface area (Å²) in [4.78, 5) is 41.5. The Bertz CT molecular complexity index is 887.